The first kappa shape index (κ1) is 9.07. The van der Waals surface area contributed by atoms with Crippen LogP contribution >= 0.6 is 15.9 Å². The van der Waals surface area contributed by atoms with Gasteiger partial charge in [0.15, 0.2) is 0 Å². The topological polar surface area (TPSA) is 9.23 Å². The summed E-state index contributed by atoms with van der Waals surface area (Å²) in [7, 11) is 0. The van der Waals surface area contributed by atoms with Crippen LogP contribution in [0.4, 0.5) is 0 Å². The maximum absolute atomic E-state index is 5.64. The van der Waals surface area contributed by atoms with E-state index in [2.05, 4.69) is 28.9 Å². The molecule has 0 unspecified atom stereocenters. The van der Waals surface area contributed by atoms with Crippen molar-refractivity contribution in [3.63, 3.8) is 0 Å². The predicted octanol–water partition coefficient (Wildman–Crippen LogP) is 3.55. The van der Waals surface area contributed by atoms with E-state index in [1.807, 2.05) is 12.1 Å². The molecule has 13 heavy (non-hydrogen) atoms. The number of hydrogen-bond donors (Lipinski definition) is 0. The van der Waals surface area contributed by atoms with Crippen LogP contribution in [0.3, 0.4) is 0 Å². The molecule has 0 aliphatic heterocycles. The minimum atomic E-state index is 0.820. The fourth-order valence-electron chi connectivity index (χ4n) is 1.16. The SMILES string of the molecule is Cc1ccc(OCC2CC2)cc1Br. The van der Waals surface area contributed by atoms with Crippen molar-refractivity contribution >= 4 is 15.9 Å². The molecule has 1 aromatic carbocycles. The second-order valence-corrected chi connectivity index (χ2v) is 4.52. The van der Waals surface area contributed by atoms with Gasteiger partial charge in [0.1, 0.15) is 5.75 Å². The fraction of sp³-hybridized carbons (Fsp3) is 0.455. The van der Waals surface area contributed by atoms with Crippen LogP contribution in [0.25, 0.3) is 0 Å². The molecule has 0 aromatic heterocycles. The summed E-state index contributed by atoms with van der Waals surface area (Å²) >= 11 is 3.49. The molecule has 0 N–H and O–H groups in total. The quantitative estimate of drug-likeness (QED) is 0.786. The molecule has 1 saturated carbocycles. The Labute approximate surface area is 87.2 Å². The van der Waals surface area contributed by atoms with Crippen LogP contribution < -0.4 is 4.74 Å². The van der Waals surface area contributed by atoms with Gasteiger partial charge < -0.3 is 4.74 Å². The lowest BCUT2D eigenvalue weighted by molar-refractivity contribution is 0.299. The second-order valence-electron chi connectivity index (χ2n) is 3.67. The molecular formula is C11H13BrO. The van der Waals surface area contributed by atoms with Crippen LogP contribution in [0.1, 0.15) is 18.4 Å². The lowest BCUT2D eigenvalue weighted by Crippen LogP contribution is -1.98. The molecule has 0 heterocycles. The highest BCUT2D eigenvalue weighted by Crippen LogP contribution is 2.30. The van der Waals surface area contributed by atoms with E-state index < -0.39 is 0 Å². The van der Waals surface area contributed by atoms with Crippen molar-refractivity contribution in [2.24, 2.45) is 5.92 Å². The van der Waals surface area contributed by atoms with Crippen molar-refractivity contribution in [2.45, 2.75) is 19.8 Å². The number of halogens is 1. The van der Waals surface area contributed by atoms with Crippen molar-refractivity contribution in [3.8, 4) is 5.75 Å². The van der Waals surface area contributed by atoms with Crippen LogP contribution in [0.5, 0.6) is 5.75 Å². The average molecular weight is 241 g/mol. The summed E-state index contributed by atoms with van der Waals surface area (Å²) in [6.45, 7) is 2.96. The lowest BCUT2D eigenvalue weighted by Gasteiger charge is -2.06. The standard InChI is InChI=1S/C11H13BrO/c1-8-2-5-10(6-11(8)12)13-7-9-3-4-9/h2,5-6,9H,3-4,7H2,1H3. The summed E-state index contributed by atoms with van der Waals surface area (Å²) in [5.41, 5.74) is 1.25. The summed E-state index contributed by atoms with van der Waals surface area (Å²) < 4.78 is 6.76. The fourth-order valence-corrected chi connectivity index (χ4v) is 1.52. The number of benzene rings is 1. The molecule has 0 bridgehead atoms. The Morgan fingerprint density at radius 1 is 1.46 bits per heavy atom. The van der Waals surface area contributed by atoms with Crippen molar-refractivity contribution < 1.29 is 4.74 Å². The molecule has 1 aliphatic rings. The molecule has 1 nitrogen and oxygen atoms in total. The van der Waals surface area contributed by atoms with Gasteiger partial charge in [0.05, 0.1) is 6.61 Å². The minimum Gasteiger partial charge on any atom is -0.493 e. The van der Waals surface area contributed by atoms with E-state index >= 15 is 0 Å². The van der Waals surface area contributed by atoms with E-state index in [0.29, 0.717) is 0 Å². The van der Waals surface area contributed by atoms with Crippen LogP contribution in [0.15, 0.2) is 22.7 Å². The second kappa shape index (κ2) is 3.70. The van der Waals surface area contributed by atoms with Crippen LogP contribution in [0, 0.1) is 12.8 Å². The van der Waals surface area contributed by atoms with E-state index in [1.54, 1.807) is 0 Å². The van der Waals surface area contributed by atoms with Gasteiger partial charge >= 0.3 is 0 Å². The average Bonchev–Trinajstić information content (AvgIpc) is 2.91. The maximum Gasteiger partial charge on any atom is 0.120 e. The molecule has 70 valence electrons. The minimum absolute atomic E-state index is 0.820. The molecule has 0 amide bonds. The Morgan fingerprint density at radius 2 is 2.23 bits per heavy atom. The Hall–Kier alpha value is -0.500. The first-order valence-electron chi connectivity index (χ1n) is 4.64. The third kappa shape index (κ3) is 2.47. The summed E-state index contributed by atoms with van der Waals surface area (Å²) in [6.07, 6.45) is 2.68. The number of aryl methyl sites for hydroxylation is 1. The van der Waals surface area contributed by atoms with Gasteiger partial charge in [-0.2, -0.15) is 0 Å². The van der Waals surface area contributed by atoms with E-state index in [4.69, 9.17) is 4.74 Å². The van der Waals surface area contributed by atoms with E-state index in [0.717, 1.165) is 22.7 Å². The lowest BCUT2D eigenvalue weighted by atomic mass is 10.2. The van der Waals surface area contributed by atoms with Crippen LogP contribution in [-0.2, 0) is 0 Å². The largest absolute Gasteiger partial charge is 0.493 e. The van der Waals surface area contributed by atoms with Gasteiger partial charge in [-0.05, 0) is 43.4 Å². The van der Waals surface area contributed by atoms with Gasteiger partial charge in [0, 0.05) is 4.47 Å². The van der Waals surface area contributed by atoms with Gasteiger partial charge in [-0.25, -0.2) is 0 Å². The zero-order valence-corrected chi connectivity index (χ0v) is 9.30. The third-order valence-electron chi connectivity index (χ3n) is 2.33. The first-order valence-corrected chi connectivity index (χ1v) is 5.44. The summed E-state index contributed by atoms with van der Waals surface area (Å²) in [5, 5.41) is 0. The predicted molar refractivity (Wildman–Crippen MR) is 57.1 cm³/mol. The van der Waals surface area contributed by atoms with E-state index in [1.165, 1.54) is 18.4 Å². The Balaban J connectivity index is 1.98. The third-order valence-corrected chi connectivity index (χ3v) is 3.18. The smallest absolute Gasteiger partial charge is 0.120 e. The van der Waals surface area contributed by atoms with Crippen LogP contribution in [0.2, 0.25) is 0 Å². The van der Waals surface area contributed by atoms with Gasteiger partial charge in [0.25, 0.3) is 0 Å². The highest BCUT2D eigenvalue weighted by Gasteiger charge is 2.21. The summed E-state index contributed by atoms with van der Waals surface area (Å²) in [5.74, 6) is 1.80. The molecule has 0 spiro atoms. The zero-order chi connectivity index (χ0) is 9.26. The molecule has 0 atom stereocenters. The Morgan fingerprint density at radius 3 is 2.85 bits per heavy atom. The van der Waals surface area contributed by atoms with Crippen molar-refractivity contribution in [2.75, 3.05) is 6.61 Å². The molecule has 2 heteroatoms. The summed E-state index contributed by atoms with van der Waals surface area (Å²) in [6, 6.07) is 6.15. The highest BCUT2D eigenvalue weighted by atomic mass is 79.9. The molecule has 1 aliphatic carbocycles. The van der Waals surface area contributed by atoms with Crippen molar-refractivity contribution in [3.05, 3.63) is 28.2 Å². The van der Waals surface area contributed by atoms with Gasteiger partial charge in [-0.3, -0.25) is 0 Å². The normalized spacial score (nSPS) is 15.8. The Kier molecular flexibility index (Phi) is 2.58. The van der Waals surface area contributed by atoms with E-state index in [-0.39, 0.29) is 0 Å². The molecule has 1 fully saturated rings. The number of hydrogen-bond acceptors (Lipinski definition) is 1. The van der Waals surface area contributed by atoms with Crippen molar-refractivity contribution in [1.29, 1.82) is 0 Å². The first-order chi connectivity index (χ1) is 6.25. The maximum atomic E-state index is 5.64. The number of ether oxygens (including phenoxy) is 1. The highest BCUT2D eigenvalue weighted by molar-refractivity contribution is 9.10. The van der Waals surface area contributed by atoms with Gasteiger partial charge in [-0.1, -0.05) is 22.0 Å². The molecular weight excluding hydrogens is 228 g/mol. The van der Waals surface area contributed by atoms with E-state index in [9.17, 15) is 0 Å². The number of rotatable bonds is 3. The van der Waals surface area contributed by atoms with Gasteiger partial charge in [-0.15, -0.1) is 0 Å². The zero-order valence-electron chi connectivity index (χ0n) is 7.72. The Bertz CT molecular complexity index is 305. The van der Waals surface area contributed by atoms with Crippen LogP contribution in [-0.4, -0.2) is 6.61 Å². The molecule has 0 radical (unpaired) electrons. The molecule has 2 rings (SSSR count). The van der Waals surface area contributed by atoms with Gasteiger partial charge in [0.2, 0.25) is 0 Å². The summed E-state index contributed by atoms with van der Waals surface area (Å²) in [4.78, 5) is 0. The molecule has 1 aromatic rings. The van der Waals surface area contributed by atoms with Crippen molar-refractivity contribution in [1.82, 2.24) is 0 Å². The molecule has 0 saturated heterocycles. The monoisotopic (exact) mass is 240 g/mol.